The van der Waals surface area contributed by atoms with E-state index >= 15 is 0 Å². The van der Waals surface area contributed by atoms with E-state index in [9.17, 15) is 9.59 Å². The van der Waals surface area contributed by atoms with Crippen molar-refractivity contribution in [3.63, 3.8) is 0 Å². The summed E-state index contributed by atoms with van der Waals surface area (Å²) in [6.45, 7) is 6.23. The van der Waals surface area contributed by atoms with E-state index in [1.165, 1.54) is 5.56 Å². The first-order valence-electron chi connectivity index (χ1n) is 10.1. The number of carbonyl (C=O) groups is 2. The molecule has 0 saturated carbocycles. The number of nitrogens with zero attached hydrogens (tertiary/aromatic N) is 2. The molecule has 2 amide bonds. The van der Waals surface area contributed by atoms with Crippen LogP contribution in [0, 0.1) is 0 Å². The van der Waals surface area contributed by atoms with Crippen molar-refractivity contribution in [2.75, 3.05) is 32.9 Å². The summed E-state index contributed by atoms with van der Waals surface area (Å²) in [5, 5.41) is 4.18. The molecule has 0 aromatic heterocycles. The fourth-order valence-corrected chi connectivity index (χ4v) is 3.00. The average molecular weight is 409 g/mol. The number of hydrogen-bond donors (Lipinski definition) is 1. The minimum atomic E-state index is -0.251. The number of amides is 2. The van der Waals surface area contributed by atoms with Gasteiger partial charge >= 0.3 is 0 Å². The molecule has 1 heterocycles. The van der Waals surface area contributed by atoms with Gasteiger partial charge in [-0.25, -0.2) is 5.43 Å². The van der Waals surface area contributed by atoms with Crippen molar-refractivity contribution in [3.05, 3.63) is 65.2 Å². The quantitative estimate of drug-likeness (QED) is 0.563. The molecule has 0 bridgehead atoms. The standard InChI is InChI=1S/C23H27N3O4/c1-3-18-4-6-20(7-5-18)23(28)25-24-17(2)19-8-10-21(11-9-19)30-16-22(27)26-12-14-29-15-13-26/h4-11H,3,12-16H2,1-2H3,(H,25,28)/b24-17-. The van der Waals surface area contributed by atoms with Crippen LogP contribution < -0.4 is 10.2 Å². The Kier molecular flexibility index (Phi) is 7.57. The summed E-state index contributed by atoms with van der Waals surface area (Å²) < 4.78 is 10.8. The molecule has 3 rings (SSSR count). The van der Waals surface area contributed by atoms with Gasteiger partial charge in [-0.05, 0) is 60.9 Å². The molecule has 0 spiro atoms. The second-order valence-electron chi connectivity index (χ2n) is 6.99. The van der Waals surface area contributed by atoms with Gasteiger partial charge < -0.3 is 14.4 Å². The lowest BCUT2D eigenvalue weighted by Gasteiger charge is -2.26. The lowest BCUT2D eigenvalue weighted by atomic mass is 10.1. The fourth-order valence-electron chi connectivity index (χ4n) is 3.00. The van der Waals surface area contributed by atoms with Crippen LogP contribution in [-0.4, -0.2) is 55.3 Å². The van der Waals surface area contributed by atoms with Gasteiger partial charge in [0, 0.05) is 18.7 Å². The molecule has 1 aliphatic rings. The molecule has 0 radical (unpaired) electrons. The van der Waals surface area contributed by atoms with E-state index in [-0.39, 0.29) is 18.4 Å². The number of benzene rings is 2. The zero-order valence-corrected chi connectivity index (χ0v) is 17.4. The summed E-state index contributed by atoms with van der Waals surface area (Å²) in [5.41, 5.74) is 5.85. The first kappa shape index (κ1) is 21.5. The minimum Gasteiger partial charge on any atom is -0.484 e. The summed E-state index contributed by atoms with van der Waals surface area (Å²) in [6, 6.07) is 14.7. The third-order valence-corrected chi connectivity index (χ3v) is 4.95. The third kappa shape index (κ3) is 5.90. The molecule has 2 aromatic rings. The Morgan fingerprint density at radius 2 is 1.67 bits per heavy atom. The Hall–Kier alpha value is -3.19. The fraction of sp³-hybridized carbons (Fsp3) is 0.348. The Balaban J connectivity index is 1.51. The highest BCUT2D eigenvalue weighted by Crippen LogP contribution is 2.13. The van der Waals surface area contributed by atoms with E-state index in [1.807, 2.05) is 31.2 Å². The van der Waals surface area contributed by atoms with E-state index in [0.717, 1.165) is 12.0 Å². The SMILES string of the molecule is CCc1ccc(C(=O)N/N=C(/C)c2ccc(OCC(=O)N3CCOCC3)cc2)cc1. The summed E-state index contributed by atoms with van der Waals surface area (Å²) >= 11 is 0. The smallest absolute Gasteiger partial charge is 0.271 e. The van der Waals surface area contributed by atoms with Crippen LogP contribution in [-0.2, 0) is 16.0 Å². The highest BCUT2D eigenvalue weighted by atomic mass is 16.5. The predicted molar refractivity (Wildman–Crippen MR) is 115 cm³/mol. The van der Waals surface area contributed by atoms with Gasteiger partial charge in [-0.3, -0.25) is 9.59 Å². The van der Waals surface area contributed by atoms with E-state index in [0.29, 0.717) is 43.3 Å². The number of hydrogen-bond acceptors (Lipinski definition) is 5. The number of ether oxygens (including phenoxy) is 2. The molecule has 7 heteroatoms. The summed E-state index contributed by atoms with van der Waals surface area (Å²) in [4.78, 5) is 26.1. The first-order valence-corrected chi connectivity index (χ1v) is 10.1. The molecule has 1 fully saturated rings. The summed E-state index contributed by atoms with van der Waals surface area (Å²) in [6.07, 6.45) is 0.931. The third-order valence-electron chi connectivity index (χ3n) is 4.95. The molecular formula is C23H27N3O4. The van der Waals surface area contributed by atoms with Gasteiger partial charge in [0.15, 0.2) is 6.61 Å². The predicted octanol–water partition coefficient (Wildman–Crippen LogP) is 2.64. The van der Waals surface area contributed by atoms with Crippen molar-refractivity contribution in [1.29, 1.82) is 0 Å². The Morgan fingerprint density at radius 1 is 1.03 bits per heavy atom. The van der Waals surface area contributed by atoms with Crippen molar-refractivity contribution >= 4 is 17.5 Å². The number of rotatable bonds is 7. The van der Waals surface area contributed by atoms with E-state index in [1.54, 1.807) is 29.2 Å². The van der Waals surface area contributed by atoms with Crippen LogP contribution in [0.2, 0.25) is 0 Å². The van der Waals surface area contributed by atoms with Crippen molar-refractivity contribution < 1.29 is 19.1 Å². The topological polar surface area (TPSA) is 80.2 Å². The lowest BCUT2D eigenvalue weighted by Crippen LogP contribution is -2.42. The van der Waals surface area contributed by atoms with E-state index < -0.39 is 0 Å². The van der Waals surface area contributed by atoms with Crippen molar-refractivity contribution in [3.8, 4) is 5.75 Å². The Morgan fingerprint density at radius 3 is 2.30 bits per heavy atom. The maximum atomic E-state index is 12.2. The molecule has 7 nitrogen and oxygen atoms in total. The average Bonchev–Trinajstić information content (AvgIpc) is 2.81. The van der Waals surface area contributed by atoms with Crippen molar-refractivity contribution in [2.24, 2.45) is 5.10 Å². The number of hydrazone groups is 1. The highest BCUT2D eigenvalue weighted by Gasteiger charge is 2.17. The van der Waals surface area contributed by atoms with Crippen molar-refractivity contribution in [2.45, 2.75) is 20.3 Å². The van der Waals surface area contributed by atoms with Gasteiger partial charge in [0.2, 0.25) is 0 Å². The molecule has 0 aliphatic carbocycles. The number of morpholine rings is 1. The van der Waals surface area contributed by atoms with Gasteiger partial charge in [-0.15, -0.1) is 0 Å². The minimum absolute atomic E-state index is 0.000698. The van der Waals surface area contributed by atoms with Crippen LogP contribution in [0.25, 0.3) is 0 Å². The normalized spacial score (nSPS) is 14.3. The molecule has 158 valence electrons. The second kappa shape index (κ2) is 10.5. The van der Waals surface area contributed by atoms with E-state index in [4.69, 9.17) is 9.47 Å². The second-order valence-corrected chi connectivity index (χ2v) is 6.99. The summed E-state index contributed by atoms with van der Waals surface area (Å²) in [7, 11) is 0. The van der Waals surface area contributed by atoms with Crippen LogP contribution in [0.3, 0.4) is 0 Å². The van der Waals surface area contributed by atoms with Crippen LogP contribution in [0.4, 0.5) is 0 Å². The van der Waals surface area contributed by atoms with Gasteiger partial charge in [0.25, 0.3) is 11.8 Å². The van der Waals surface area contributed by atoms with Crippen molar-refractivity contribution in [1.82, 2.24) is 10.3 Å². The molecule has 0 atom stereocenters. The zero-order valence-electron chi connectivity index (χ0n) is 17.4. The van der Waals surface area contributed by atoms with Crippen LogP contribution in [0.1, 0.15) is 35.3 Å². The molecular weight excluding hydrogens is 382 g/mol. The first-order chi connectivity index (χ1) is 14.6. The molecule has 30 heavy (non-hydrogen) atoms. The maximum Gasteiger partial charge on any atom is 0.271 e. The number of aryl methyl sites for hydroxylation is 1. The molecule has 2 aromatic carbocycles. The summed E-state index contributed by atoms with van der Waals surface area (Å²) in [5.74, 6) is 0.307. The van der Waals surface area contributed by atoms with Gasteiger partial charge in [0.1, 0.15) is 5.75 Å². The molecule has 1 saturated heterocycles. The number of carbonyl (C=O) groups excluding carboxylic acids is 2. The largest absolute Gasteiger partial charge is 0.484 e. The van der Waals surface area contributed by atoms with Crippen LogP contribution >= 0.6 is 0 Å². The highest BCUT2D eigenvalue weighted by molar-refractivity contribution is 6.00. The zero-order chi connectivity index (χ0) is 21.3. The number of nitrogens with one attached hydrogen (secondary N) is 1. The molecule has 1 N–H and O–H groups in total. The van der Waals surface area contributed by atoms with Gasteiger partial charge in [-0.1, -0.05) is 19.1 Å². The van der Waals surface area contributed by atoms with Crippen LogP contribution in [0.15, 0.2) is 53.6 Å². The van der Waals surface area contributed by atoms with E-state index in [2.05, 4.69) is 17.5 Å². The Labute approximate surface area is 176 Å². The molecule has 0 unspecified atom stereocenters. The van der Waals surface area contributed by atoms with Gasteiger partial charge in [0.05, 0.1) is 18.9 Å². The Bertz CT molecular complexity index is 886. The monoisotopic (exact) mass is 409 g/mol. The lowest BCUT2D eigenvalue weighted by molar-refractivity contribution is -0.137. The molecule has 1 aliphatic heterocycles. The van der Waals surface area contributed by atoms with Gasteiger partial charge in [-0.2, -0.15) is 5.10 Å². The van der Waals surface area contributed by atoms with Crippen LogP contribution in [0.5, 0.6) is 5.75 Å². The maximum absolute atomic E-state index is 12.2.